The average Bonchev–Trinajstić information content (AvgIpc) is 2.95. The summed E-state index contributed by atoms with van der Waals surface area (Å²) < 4.78 is 30.9. The molecule has 0 fully saturated rings. The molecule has 0 unspecified atom stereocenters. The Balaban J connectivity index is 1.94. The lowest BCUT2D eigenvalue weighted by Gasteiger charge is -2.12. The number of nitrogens with two attached hydrogens (primary N) is 2. The first-order chi connectivity index (χ1) is 12.3. The van der Waals surface area contributed by atoms with Crippen LogP contribution >= 0.6 is 0 Å². The monoisotopic (exact) mass is 375 g/mol. The lowest BCUT2D eigenvalue weighted by molar-refractivity contribution is -0.120. The zero-order chi connectivity index (χ0) is 18.9. The average molecular weight is 375 g/mol. The number of carbonyl (C=O) groups excluding carboxylic acids is 1. The van der Waals surface area contributed by atoms with Gasteiger partial charge in [-0.05, 0) is 40.4 Å². The Hall–Kier alpha value is -2.40. The Morgan fingerprint density at radius 2 is 2.04 bits per heavy atom. The number of hydrazine groups is 1. The topological polar surface area (TPSA) is 145 Å². The molecule has 0 aliphatic carbocycles. The summed E-state index contributed by atoms with van der Waals surface area (Å²) >= 11 is 0. The van der Waals surface area contributed by atoms with Crippen molar-refractivity contribution in [3.05, 3.63) is 53.1 Å². The fourth-order valence-corrected chi connectivity index (χ4v) is 4.50. The van der Waals surface area contributed by atoms with Gasteiger partial charge in [0.25, 0.3) is 0 Å². The number of nitrogens with one attached hydrogen (secondary N) is 1. The fraction of sp³-hybridized carbons (Fsp3) is 0.188. The number of sulfone groups is 1. The highest BCUT2D eigenvalue weighted by atomic mass is 32.2. The fourth-order valence-electron chi connectivity index (χ4n) is 2.92. The molecule has 8 nitrogen and oxygen atoms in total. The molecule has 1 heterocycles. The highest BCUT2D eigenvalue weighted by Crippen LogP contribution is 2.24. The van der Waals surface area contributed by atoms with Gasteiger partial charge < -0.3 is 15.4 Å². The maximum absolute atomic E-state index is 12.9. The van der Waals surface area contributed by atoms with Gasteiger partial charge in [0.2, 0.25) is 5.91 Å². The normalized spacial score (nSPS) is 13.5. The SMILES string of the molecule is NNC(=O)Cc1cc(N)ccc1S(=O)(=O)Cc1ccc2c(c1)B(O)OC2. The molecule has 0 bridgehead atoms. The number of hydrogen-bond acceptors (Lipinski definition) is 7. The zero-order valence-corrected chi connectivity index (χ0v) is 14.6. The first-order valence-corrected chi connectivity index (χ1v) is 9.47. The van der Waals surface area contributed by atoms with Gasteiger partial charge in [-0.25, -0.2) is 14.3 Å². The van der Waals surface area contributed by atoms with Gasteiger partial charge in [0.1, 0.15) is 0 Å². The van der Waals surface area contributed by atoms with E-state index in [2.05, 4.69) is 0 Å². The molecule has 0 atom stereocenters. The molecule has 0 saturated carbocycles. The number of amides is 1. The molecular formula is C16H18BN3O5S. The summed E-state index contributed by atoms with van der Waals surface area (Å²) in [6, 6.07) is 9.34. The molecule has 0 radical (unpaired) electrons. The Labute approximate surface area is 151 Å². The molecule has 1 aliphatic rings. The highest BCUT2D eigenvalue weighted by Gasteiger charge is 2.28. The van der Waals surface area contributed by atoms with E-state index >= 15 is 0 Å². The van der Waals surface area contributed by atoms with Crippen LogP contribution in [0.3, 0.4) is 0 Å². The van der Waals surface area contributed by atoms with Crippen LogP contribution in [-0.2, 0) is 38.1 Å². The first kappa shape index (κ1) is 18.4. The third-order valence-corrected chi connectivity index (χ3v) is 5.94. The molecular weight excluding hydrogens is 357 g/mol. The van der Waals surface area contributed by atoms with Crippen molar-refractivity contribution in [2.75, 3.05) is 5.73 Å². The summed E-state index contributed by atoms with van der Waals surface area (Å²) in [4.78, 5) is 11.6. The van der Waals surface area contributed by atoms with Gasteiger partial charge >= 0.3 is 7.12 Å². The quantitative estimate of drug-likeness (QED) is 0.172. The van der Waals surface area contributed by atoms with E-state index in [-0.39, 0.29) is 22.6 Å². The second-order valence-electron chi connectivity index (χ2n) is 6.07. The molecule has 0 aromatic heterocycles. The molecule has 0 spiro atoms. The van der Waals surface area contributed by atoms with E-state index in [0.717, 1.165) is 5.56 Å². The minimum absolute atomic E-state index is 0.0209. The summed E-state index contributed by atoms with van der Waals surface area (Å²) in [5.41, 5.74) is 10.2. The van der Waals surface area contributed by atoms with Crippen molar-refractivity contribution < 1.29 is 22.9 Å². The van der Waals surface area contributed by atoms with Gasteiger partial charge in [0.05, 0.1) is 23.7 Å². The number of carbonyl (C=O) groups is 1. The van der Waals surface area contributed by atoms with Crippen molar-refractivity contribution in [3.63, 3.8) is 0 Å². The molecule has 1 amide bonds. The van der Waals surface area contributed by atoms with E-state index in [1.807, 2.05) is 5.43 Å². The van der Waals surface area contributed by atoms with Crippen LogP contribution in [-0.4, -0.2) is 26.5 Å². The largest absolute Gasteiger partial charge is 0.491 e. The lowest BCUT2D eigenvalue weighted by Crippen LogP contribution is -2.31. The van der Waals surface area contributed by atoms with Crippen LogP contribution in [0.4, 0.5) is 5.69 Å². The predicted octanol–water partition coefficient (Wildman–Crippen LogP) is -1.01. The lowest BCUT2D eigenvalue weighted by atomic mass is 9.79. The summed E-state index contributed by atoms with van der Waals surface area (Å²) in [5.74, 6) is 4.28. The Morgan fingerprint density at radius 1 is 1.27 bits per heavy atom. The summed E-state index contributed by atoms with van der Waals surface area (Å²) in [6.07, 6.45) is -0.202. The number of hydrogen-bond donors (Lipinski definition) is 4. The molecule has 26 heavy (non-hydrogen) atoms. The van der Waals surface area contributed by atoms with Gasteiger partial charge in [-0.1, -0.05) is 18.2 Å². The van der Waals surface area contributed by atoms with Crippen LogP contribution in [0.25, 0.3) is 0 Å². The van der Waals surface area contributed by atoms with E-state index in [9.17, 15) is 18.2 Å². The summed E-state index contributed by atoms with van der Waals surface area (Å²) in [5, 5.41) is 9.78. The Kier molecular flexibility index (Phi) is 5.01. The van der Waals surface area contributed by atoms with Crippen molar-refractivity contribution in [2.24, 2.45) is 5.84 Å². The standard InChI is InChI=1S/C16H18BN3O5S/c18-13-3-4-15(12(6-13)7-16(21)20-19)26(23,24)9-10-1-2-11-8-25-17(22)14(11)5-10/h1-6,22H,7-9,18-19H2,(H,20,21). The minimum Gasteiger partial charge on any atom is -0.423 e. The van der Waals surface area contributed by atoms with E-state index in [4.69, 9.17) is 16.2 Å². The van der Waals surface area contributed by atoms with Gasteiger partial charge in [-0.2, -0.15) is 0 Å². The molecule has 136 valence electrons. The van der Waals surface area contributed by atoms with Gasteiger partial charge in [-0.3, -0.25) is 10.2 Å². The number of nitrogen functional groups attached to an aromatic ring is 1. The Bertz CT molecular complexity index is 964. The summed E-state index contributed by atoms with van der Waals surface area (Å²) in [6.45, 7) is 0.292. The van der Waals surface area contributed by atoms with E-state index in [1.54, 1.807) is 18.2 Å². The highest BCUT2D eigenvalue weighted by molar-refractivity contribution is 7.90. The molecule has 1 aliphatic heterocycles. The van der Waals surface area contributed by atoms with E-state index in [1.165, 1.54) is 18.2 Å². The van der Waals surface area contributed by atoms with Gasteiger partial charge in [0.15, 0.2) is 9.84 Å². The smallest absolute Gasteiger partial charge is 0.423 e. The molecule has 3 rings (SSSR count). The number of fused-ring (bicyclic) bond motifs is 1. The van der Waals surface area contributed by atoms with Crippen molar-refractivity contribution in [2.45, 2.75) is 23.7 Å². The van der Waals surface area contributed by atoms with Crippen LogP contribution in [0.5, 0.6) is 0 Å². The molecule has 6 N–H and O–H groups in total. The van der Waals surface area contributed by atoms with Crippen LogP contribution in [0.1, 0.15) is 16.7 Å². The number of benzene rings is 2. The van der Waals surface area contributed by atoms with Crippen LogP contribution in [0.2, 0.25) is 0 Å². The number of anilines is 1. The Morgan fingerprint density at radius 3 is 2.77 bits per heavy atom. The third-order valence-electron chi connectivity index (χ3n) is 4.16. The van der Waals surface area contributed by atoms with Crippen molar-refractivity contribution in [3.8, 4) is 0 Å². The zero-order valence-electron chi connectivity index (χ0n) is 13.8. The molecule has 2 aromatic carbocycles. The molecule has 10 heteroatoms. The predicted molar refractivity (Wildman–Crippen MR) is 96.6 cm³/mol. The van der Waals surface area contributed by atoms with Crippen LogP contribution < -0.4 is 22.5 Å². The van der Waals surface area contributed by atoms with Gasteiger partial charge in [0, 0.05) is 5.69 Å². The van der Waals surface area contributed by atoms with E-state index in [0.29, 0.717) is 23.3 Å². The first-order valence-electron chi connectivity index (χ1n) is 7.82. The minimum atomic E-state index is -3.75. The maximum atomic E-state index is 12.9. The van der Waals surface area contributed by atoms with Crippen molar-refractivity contribution in [1.82, 2.24) is 5.43 Å². The van der Waals surface area contributed by atoms with Gasteiger partial charge in [-0.15, -0.1) is 0 Å². The van der Waals surface area contributed by atoms with E-state index < -0.39 is 22.9 Å². The van der Waals surface area contributed by atoms with Crippen LogP contribution in [0.15, 0.2) is 41.3 Å². The summed E-state index contributed by atoms with van der Waals surface area (Å²) in [7, 11) is -4.80. The second-order valence-corrected chi connectivity index (χ2v) is 8.03. The second kappa shape index (κ2) is 7.08. The molecule has 2 aromatic rings. The molecule has 0 saturated heterocycles. The van der Waals surface area contributed by atoms with Crippen molar-refractivity contribution in [1.29, 1.82) is 0 Å². The maximum Gasteiger partial charge on any atom is 0.491 e. The van der Waals surface area contributed by atoms with Crippen molar-refractivity contribution >= 4 is 34.0 Å². The third kappa shape index (κ3) is 3.73. The van der Waals surface area contributed by atoms with Crippen LogP contribution in [0, 0.1) is 0 Å². The number of rotatable bonds is 5.